The van der Waals surface area contributed by atoms with E-state index < -0.39 is 0 Å². The number of hydrogen-bond donors (Lipinski definition) is 0. The Balaban J connectivity index is 0.961. The van der Waals surface area contributed by atoms with Gasteiger partial charge in [-0.15, -0.1) is 11.3 Å². The van der Waals surface area contributed by atoms with Crippen LogP contribution in [0.5, 0.6) is 0 Å². The number of aromatic nitrogens is 2. The molecule has 0 saturated carbocycles. The summed E-state index contributed by atoms with van der Waals surface area (Å²) in [6, 6.07) is 77.3. The lowest BCUT2D eigenvalue weighted by molar-refractivity contribution is 1.18. The maximum atomic E-state index is 2.41. The Morgan fingerprint density at radius 3 is 1.55 bits per heavy atom. The molecule has 0 aliphatic carbocycles. The molecule has 0 atom stereocenters. The van der Waals surface area contributed by atoms with Crippen molar-refractivity contribution in [2.45, 2.75) is 0 Å². The molecule has 0 unspecified atom stereocenters. The van der Waals surface area contributed by atoms with E-state index in [-0.39, 0.29) is 0 Å². The van der Waals surface area contributed by atoms with E-state index in [0.29, 0.717) is 0 Å². The molecular weight excluding hydrogens is 723 g/mol. The van der Waals surface area contributed by atoms with Crippen LogP contribution in [-0.2, 0) is 0 Å². The summed E-state index contributed by atoms with van der Waals surface area (Å²) in [5.74, 6) is 0. The van der Waals surface area contributed by atoms with Crippen LogP contribution in [0.15, 0.2) is 212 Å². The quantitative estimate of drug-likeness (QED) is 0.165. The fourth-order valence-corrected chi connectivity index (χ4v) is 10.3. The predicted molar refractivity (Wildman–Crippen MR) is 248 cm³/mol. The molecule has 0 spiro atoms. The molecule has 3 nitrogen and oxygen atoms in total. The van der Waals surface area contributed by atoms with Gasteiger partial charge in [-0.2, -0.15) is 0 Å². The Labute approximate surface area is 339 Å². The summed E-state index contributed by atoms with van der Waals surface area (Å²) in [5, 5.41) is 7.61. The van der Waals surface area contributed by atoms with Crippen molar-refractivity contribution in [3.63, 3.8) is 0 Å². The average Bonchev–Trinajstić information content (AvgIpc) is 3.95. The monoisotopic (exact) mass is 757 g/mol. The summed E-state index contributed by atoms with van der Waals surface area (Å²) < 4.78 is 7.39. The number of fused-ring (bicyclic) bond motifs is 9. The molecule has 12 rings (SSSR count). The van der Waals surface area contributed by atoms with Crippen LogP contribution in [-0.4, -0.2) is 9.13 Å². The van der Waals surface area contributed by atoms with E-state index >= 15 is 0 Å². The number of thiophene rings is 1. The van der Waals surface area contributed by atoms with E-state index in [9.17, 15) is 0 Å². The number of rotatable bonds is 6. The van der Waals surface area contributed by atoms with Crippen LogP contribution in [0.25, 0.3) is 86.3 Å². The van der Waals surface area contributed by atoms with Crippen LogP contribution in [0.3, 0.4) is 0 Å². The van der Waals surface area contributed by atoms with E-state index in [0.717, 1.165) is 22.7 Å². The number of benzene rings is 9. The second-order valence-corrected chi connectivity index (χ2v) is 16.0. The van der Waals surface area contributed by atoms with Crippen LogP contribution in [0, 0.1) is 0 Å². The zero-order valence-corrected chi connectivity index (χ0v) is 32.3. The Morgan fingerprint density at radius 1 is 0.328 bits per heavy atom. The average molecular weight is 758 g/mol. The van der Waals surface area contributed by atoms with E-state index in [1.807, 2.05) is 11.3 Å². The standard InChI is InChI=1S/C54H35N3S/c1-3-14-37(15-4-1)55(40-30-32-52-47(34-40)45-20-9-12-25-51(45)56(52)38-16-5-2-6-17-38)39-28-26-36(27-29-39)42-21-13-22-46-48-35-41(31-33-53(48)58-54(42)46)57-49-23-10-7-18-43(49)44-19-8-11-24-50(44)57/h1-35H. The van der Waals surface area contributed by atoms with Gasteiger partial charge in [0.2, 0.25) is 0 Å². The molecule has 58 heavy (non-hydrogen) atoms. The Kier molecular flexibility index (Phi) is 7.40. The number of anilines is 3. The first-order chi connectivity index (χ1) is 28.8. The fraction of sp³-hybridized carbons (Fsp3) is 0. The molecule has 272 valence electrons. The highest BCUT2D eigenvalue weighted by molar-refractivity contribution is 7.26. The van der Waals surface area contributed by atoms with Gasteiger partial charge in [-0.05, 0) is 102 Å². The maximum absolute atomic E-state index is 2.41. The van der Waals surface area contributed by atoms with Gasteiger partial charge in [-0.1, -0.05) is 121 Å². The van der Waals surface area contributed by atoms with Crippen molar-refractivity contribution in [1.29, 1.82) is 0 Å². The topological polar surface area (TPSA) is 13.1 Å². The van der Waals surface area contributed by atoms with Gasteiger partial charge in [-0.25, -0.2) is 0 Å². The first-order valence-corrected chi connectivity index (χ1v) is 20.6. The smallest absolute Gasteiger partial charge is 0.0542 e. The zero-order valence-electron chi connectivity index (χ0n) is 31.5. The molecule has 0 bridgehead atoms. The minimum absolute atomic E-state index is 1.11. The molecular formula is C54H35N3S. The SMILES string of the molecule is c1ccc(N(c2ccc(-c3cccc4c3sc3ccc(-n5c6ccccc6c6ccccc65)cc34)cc2)c2ccc3c(c2)c2ccccc2n3-c2ccccc2)cc1. The normalized spacial score (nSPS) is 11.8. The van der Waals surface area contributed by atoms with E-state index in [1.165, 1.54) is 80.6 Å². The molecule has 4 heteroatoms. The third-order valence-electron chi connectivity index (χ3n) is 11.7. The molecule has 9 aromatic carbocycles. The maximum Gasteiger partial charge on any atom is 0.0542 e. The van der Waals surface area contributed by atoms with Crippen LogP contribution >= 0.6 is 11.3 Å². The molecule has 3 heterocycles. The summed E-state index contributed by atoms with van der Waals surface area (Å²) in [4.78, 5) is 2.37. The van der Waals surface area contributed by atoms with Gasteiger partial charge < -0.3 is 14.0 Å². The van der Waals surface area contributed by atoms with E-state index in [2.05, 4.69) is 226 Å². The summed E-state index contributed by atoms with van der Waals surface area (Å²) in [7, 11) is 0. The summed E-state index contributed by atoms with van der Waals surface area (Å²) in [6.45, 7) is 0. The van der Waals surface area contributed by atoms with Crippen LogP contribution in [0.2, 0.25) is 0 Å². The van der Waals surface area contributed by atoms with Gasteiger partial charge in [0.25, 0.3) is 0 Å². The second kappa shape index (κ2) is 13.1. The molecule has 0 radical (unpaired) electrons. The number of nitrogens with zero attached hydrogens (tertiary/aromatic N) is 3. The van der Waals surface area contributed by atoms with Gasteiger partial charge in [0.05, 0.1) is 22.1 Å². The third-order valence-corrected chi connectivity index (χ3v) is 12.9. The summed E-state index contributed by atoms with van der Waals surface area (Å²) in [6.07, 6.45) is 0. The zero-order chi connectivity index (χ0) is 38.2. The van der Waals surface area contributed by atoms with Crippen molar-refractivity contribution < 1.29 is 0 Å². The molecule has 12 aromatic rings. The predicted octanol–water partition coefficient (Wildman–Crippen LogP) is 15.4. The largest absolute Gasteiger partial charge is 0.310 e. The molecule has 3 aromatic heterocycles. The van der Waals surface area contributed by atoms with Crippen molar-refractivity contribution in [1.82, 2.24) is 9.13 Å². The van der Waals surface area contributed by atoms with Crippen LogP contribution < -0.4 is 4.90 Å². The molecule has 0 saturated heterocycles. The minimum Gasteiger partial charge on any atom is -0.310 e. The molecule has 0 aliphatic rings. The highest BCUT2D eigenvalue weighted by Crippen LogP contribution is 2.44. The van der Waals surface area contributed by atoms with Crippen molar-refractivity contribution in [2.24, 2.45) is 0 Å². The van der Waals surface area contributed by atoms with Crippen LogP contribution in [0.1, 0.15) is 0 Å². The lowest BCUT2D eigenvalue weighted by Crippen LogP contribution is -2.09. The van der Waals surface area contributed by atoms with Crippen molar-refractivity contribution in [3.05, 3.63) is 212 Å². The van der Waals surface area contributed by atoms with Crippen LogP contribution in [0.4, 0.5) is 17.1 Å². The van der Waals surface area contributed by atoms with Gasteiger partial charge in [0.15, 0.2) is 0 Å². The van der Waals surface area contributed by atoms with Crippen molar-refractivity contribution >= 4 is 92.2 Å². The number of para-hydroxylation sites is 5. The molecule has 0 aliphatic heterocycles. The Morgan fingerprint density at radius 2 is 0.862 bits per heavy atom. The van der Waals surface area contributed by atoms with Gasteiger partial charge >= 0.3 is 0 Å². The highest BCUT2D eigenvalue weighted by atomic mass is 32.1. The lowest BCUT2D eigenvalue weighted by Gasteiger charge is -2.26. The minimum atomic E-state index is 1.11. The van der Waals surface area contributed by atoms with Gasteiger partial charge in [0.1, 0.15) is 0 Å². The van der Waals surface area contributed by atoms with E-state index in [1.54, 1.807) is 0 Å². The van der Waals surface area contributed by atoms with E-state index in [4.69, 9.17) is 0 Å². The van der Waals surface area contributed by atoms with Gasteiger partial charge in [-0.3, -0.25) is 0 Å². The second-order valence-electron chi connectivity index (χ2n) is 14.9. The first kappa shape index (κ1) is 32.8. The lowest BCUT2D eigenvalue weighted by atomic mass is 10.0. The highest BCUT2D eigenvalue weighted by Gasteiger charge is 2.19. The third kappa shape index (κ3) is 5.05. The Hall–Kier alpha value is -7.40. The molecule has 0 fully saturated rings. The Bertz CT molecular complexity index is 3450. The van der Waals surface area contributed by atoms with Crippen molar-refractivity contribution in [2.75, 3.05) is 4.90 Å². The fourth-order valence-electron chi connectivity index (χ4n) is 9.12. The summed E-state index contributed by atoms with van der Waals surface area (Å²) >= 11 is 1.88. The molecule has 0 amide bonds. The molecule has 0 N–H and O–H groups in total. The van der Waals surface area contributed by atoms with Gasteiger partial charge in [0, 0.05) is 70.2 Å². The summed E-state index contributed by atoms with van der Waals surface area (Å²) in [5.41, 5.74) is 13.0. The van der Waals surface area contributed by atoms with Crippen molar-refractivity contribution in [3.8, 4) is 22.5 Å². The first-order valence-electron chi connectivity index (χ1n) is 19.8. The number of hydrogen-bond acceptors (Lipinski definition) is 2.